The van der Waals surface area contributed by atoms with Crippen molar-refractivity contribution < 1.29 is 14.7 Å². The molecule has 5 N–H and O–H groups in total. The van der Waals surface area contributed by atoms with Crippen LogP contribution in [0.5, 0.6) is 0 Å². The van der Waals surface area contributed by atoms with Crippen LogP contribution in [0.2, 0.25) is 0 Å². The van der Waals surface area contributed by atoms with Gasteiger partial charge < -0.3 is 10.8 Å². The van der Waals surface area contributed by atoms with Crippen molar-refractivity contribution in [2.75, 3.05) is 5.75 Å². The van der Waals surface area contributed by atoms with Crippen molar-refractivity contribution in [2.24, 2.45) is 5.73 Å². The summed E-state index contributed by atoms with van der Waals surface area (Å²) in [6, 6.07) is 6.13. The fourth-order valence-corrected chi connectivity index (χ4v) is 3.04. The molecule has 1 unspecified atom stereocenters. The maximum Gasteiger partial charge on any atom is 0.270 e. The molecule has 128 valence electrons. The average molecular weight is 404 g/mol. The summed E-state index contributed by atoms with van der Waals surface area (Å²) < 4.78 is 0.606. The van der Waals surface area contributed by atoms with Crippen LogP contribution in [0.1, 0.15) is 30.6 Å². The number of aliphatic hydroxyl groups is 1. The molecule has 23 heavy (non-hydrogen) atoms. The molecule has 0 saturated heterocycles. The molecule has 0 radical (unpaired) electrons. The van der Waals surface area contributed by atoms with Crippen molar-refractivity contribution in [3.63, 3.8) is 0 Å². The number of rotatable bonds is 7. The Bertz CT molecular complexity index is 542. The van der Waals surface area contributed by atoms with E-state index in [1.165, 1.54) is 0 Å². The fourth-order valence-electron chi connectivity index (χ4n) is 1.70. The first kappa shape index (κ1) is 20.0. The second-order valence-corrected chi connectivity index (χ2v) is 7.78. The van der Waals surface area contributed by atoms with Gasteiger partial charge in [-0.25, -0.2) is 0 Å². The Morgan fingerprint density at radius 1 is 1.30 bits per heavy atom. The van der Waals surface area contributed by atoms with E-state index in [2.05, 4.69) is 40.6 Å². The summed E-state index contributed by atoms with van der Waals surface area (Å²) in [5.41, 5.74) is 10.6. The molecule has 0 saturated carbocycles. The highest BCUT2D eigenvalue weighted by Gasteiger charge is 2.23. The van der Waals surface area contributed by atoms with Crippen LogP contribution < -0.4 is 16.6 Å². The van der Waals surface area contributed by atoms with E-state index in [0.717, 1.165) is 5.75 Å². The number of hydrogen-bond donors (Lipinski definition) is 4. The van der Waals surface area contributed by atoms with Gasteiger partial charge in [0.05, 0.1) is 5.56 Å². The van der Waals surface area contributed by atoms with Crippen molar-refractivity contribution in [3.8, 4) is 0 Å². The molecule has 0 fully saturated rings. The summed E-state index contributed by atoms with van der Waals surface area (Å²) in [7, 11) is 0. The number of nitrogens with one attached hydrogen (secondary N) is 2. The maximum absolute atomic E-state index is 11.9. The number of halogens is 1. The van der Waals surface area contributed by atoms with Crippen LogP contribution in [-0.2, 0) is 4.79 Å². The van der Waals surface area contributed by atoms with Crippen molar-refractivity contribution in [1.82, 2.24) is 10.9 Å². The molecular weight excluding hydrogens is 382 g/mol. The molecule has 6 nitrogen and oxygen atoms in total. The quantitative estimate of drug-likeness (QED) is 0.515. The molecule has 0 spiro atoms. The number of aliphatic hydroxyl groups excluding tert-OH is 1. The lowest BCUT2D eigenvalue weighted by atomic mass is 10.1. The van der Waals surface area contributed by atoms with Crippen LogP contribution in [0, 0.1) is 0 Å². The van der Waals surface area contributed by atoms with E-state index in [1.54, 1.807) is 36.0 Å². The number of carbonyl (C=O) groups excluding carboxylic acids is 2. The third-order valence-corrected chi connectivity index (χ3v) is 4.82. The Hall–Kier alpha value is -1.09. The van der Waals surface area contributed by atoms with Crippen LogP contribution >= 0.6 is 27.7 Å². The minimum Gasteiger partial charge on any atom is -0.382 e. The number of benzene rings is 1. The summed E-state index contributed by atoms with van der Waals surface area (Å²) in [4.78, 5) is 23.8. The van der Waals surface area contributed by atoms with Gasteiger partial charge >= 0.3 is 0 Å². The third kappa shape index (κ3) is 6.90. The van der Waals surface area contributed by atoms with Gasteiger partial charge in [0.25, 0.3) is 11.8 Å². The van der Waals surface area contributed by atoms with Crippen LogP contribution in [0.25, 0.3) is 0 Å². The first-order valence-electron chi connectivity index (χ1n) is 7.23. The first-order valence-corrected chi connectivity index (χ1v) is 9.07. The number of amides is 2. The number of carbonyl (C=O) groups is 2. The highest BCUT2D eigenvalue weighted by Crippen LogP contribution is 2.15. The van der Waals surface area contributed by atoms with Crippen LogP contribution in [0.15, 0.2) is 28.7 Å². The van der Waals surface area contributed by atoms with Gasteiger partial charge in [-0.05, 0) is 45.5 Å². The van der Waals surface area contributed by atoms with Gasteiger partial charge in [0.1, 0.15) is 6.10 Å². The van der Waals surface area contributed by atoms with Crippen LogP contribution in [0.4, 0.5) is 0 Å². The van der Waals surface area contributed by atoms with Crippen molar-refractivity contribution in [1.29, 1.82) is 0 Å². The minimum absolute atomic E-state index is 0.375. The molecule has 0 aliphatic rings. The second-order valence-electron chi connectivity index (χ2n) is 5.24. The Kier molecular flexibility index (Phi) is 8.60. The highest BCUT2D eigenvalue weighted by atomic mass is 79.9. The van der Waals surface area contributed by atoms with Crippen LogP contribution in [-0.4, -0.2) is 40.1 Å². The van der Waals surface area contributed by atoms with E-state index < -0.39 is 24.0 Å². The van der Waals surface area contributed by atoms with Gasteiger partial charge in [-0.3, -0.25) is 20.4 Å². The predicted octanol–water partition coefficient (Wildman–Crippen LogP) is 1.43. The first-order chi connectivity index (χ1) is 10.8. The van der Waals surface area contributed by atoms with Gasteiger partial charge in [0, 0.05) is 10.5 Å². The number of hydrazine groups is 1. The minimum atomic E-state index is -1.37. The zero-order chi connectivity index (χ0) is 17.4. The largest absolute Gasteiger partial charge is 0.382 e. The topological polar surface area (TPSA) is 104 Å². The van der Waals surface area contributed by atoms with E-state index in [4.69, 9.17) is 5.73 Å². The van der Waals surface area contributed by atoms with Crippen LogP contribution in [0.3, 0.4) is 0 Å². The summed E-state index contributed by atoms with van der Waals surface area (Å²) in [5, 5.41) is 10.4. The summed E-state index contributed by atoms with van der Waals surface area (Å²) in [5.74, 6) is -0.457. The molecule has 2 atom stereocenters. The molecule has 1 aromatic rings. The molecule has 0 heterocycles. The zero-order valence-corrected chi connectivity index (χ0v) is 15.5. The Labute approximate surface area is 148 Å². The lowest BCUT2D eigenvalue weighted by Crippen LogP contribution is -2.52. The highest BCUT2D eigenvalue weighted by molar-refractivity contribution is 9.10. The molecule has 2 amide bonds. The fraction of sp³-hybridized carbons (Fsp3) is 0.467. The van der Waals surface area contributed by atoms with Crippen molar-refractivity contribution >= 4 is 39.5 Å². The predicted molar refractivity (Wildman–Crippen MR) is 95.9 cm³/mol. The van der Waals surface area contributed by atoms with Gasteiger partial charge in [0.15, 0.2) is 0 Å². The molecule has 0 aromatic heterocycles. The van der Waals surface area contributed by atoms with Gasteiger partial charge in [0.2, 0.25) is 0 Å². The van der Waals surface area contributed by atoms with E-state index in [-0.39, 0.29) is 0 Å². The smallest absolute Gasteiger partial charge is 0.270 e. The molecule has 0 aliphatic heterocycles. The third-order valence-electron chi connectivity index (χ3n) is 2.99. The van der Waals surface area contributed by atoms with E-state index in [1.807, 2.05) is 0 Å². The Morgan fingerprint density at radius 2 is 1.96 bits per heavy atom. The number of nitrogens with two attached hydrogens (primary N) is 1. The second kappa shape index (κ2) is 9.92. The summed E-state index contributed by atoms with van der Waals surface area (Å²) >= 11 is 4.96. The summed E-state index contributed by atoms with van der Waals surface area (Å²) in [6.45, 7) is 4.13. The maximum atomic E-state index is 11.9. The van der Waals surface area contributed by atoms with E-state index in [0.29, 0.717) is 21.7 Å². The Balaban J connectivity index is 2.43. The Morgan fingerprint density at radius 3 is 2.57 bits per heavy atom. The van der Waals surface area contributed by atoms with E-state index in [9.17, 15) is 14.7 Å². The number of thioether (sulfide) groups is 1. The zero-order valence-electron chi connectivity index (χ0n) is 13.1. The van der Waals surface area contributed by atoms with Gasteiger partial charge in [-0.2, -0.15) is 11.8 Å². The molecular formula is C15H22BrN3O3S. The normalized spacial score (nSPS) is 13.5. The average Bonchev–Trinajstić information content (AvgIpc) is 2.51. The van der Waals surface area contributed by atoms with Crippen molar-refractivity contribution in [2.45, 2.75) is 37.7 Å². The SMILES string of the molecule is CC(C)SCC[C@@H](N)C(O)C(=O)NNC(=O)c1ccccc1Br. The van der Waals surface area contributed by atoms with E-state index >= 15 is 0 Å². The van der Waals surface area contributed by atoms with Gasteiger partial charge in [-0.1, -0.05) is 26.0 Å². The van der Waals surface area contributed by atoms with Crippen molar-refractivity contribution in [3.05, 3.63) is 34.3 Å². The lowest BCUT2D eigenvalue weighted by Gasteiger charge is -2.19. The molecule has 0 aliphatic carbocycles. The summed E-state index contributed by atoms with van der Waals surface area (Å²) in [6.07, 6.45) is -0.863. The molecule has 1 aromatic carbocycles. The standard InChI is InChI=1S/C15H22BrN3O3S/c1-9(2)23-8-7-12(17)13(20)15(22)19-18-14(21)10-5-3-4-6-11(10)16/h3-6,9,12-13,20H,7-8,17H2,1-2H3,(H,18,21)(H,19,22)/t12-,13?/m1/s1. The number of hydrogen-bond acceptors (Lipinski definition) is 5. The molecule has 8 heteroatoms. The monoisotopic (exact) mass is 403 g/mol. The van der Waals surface area contributed by atoms with Gasteiger partial charge in [-0.15, -0.1) is 0 Å². The molecule has 1 rings (SSSR count). The lowest BCUT2D eigenvalue weighted by molar-refractivity contribution is -0.131. The molecule has 0 bridgehead atoms.